The van der Waals surface area contributed by atoms with E-state index in [0.717, 1.165) is 23.6 Å². The van der Waals surface area contributed by atoms with Crippen LogP contribution >= 0.6 is 11.3 Å². The second kappa shape index (κ2) is 5.00. The number of rotatable bonds is 3. The van der Waals surface area contributed by atoms with Crippen molar-refractivity contribution in [1.29, 1.82) is 0 Å². The molecule has 3 rings (SSSR count). The molecule has 2 aliphatic rings. The van der Waals surface area contributed by atoms with Crippen LogP contribution in [0.4, 0.5) is 4.79 Å². The van der Waals surface area contributed by atoms with E-state index < -0.39 is 0 Å². The van der Waals surface area contributed by atoms with Gasteiger partial charge in [-0.3, -0.25) is 0 Å². The number of urea groups is 1. The number of ether oxygens (including phenoxy) is 1. The van der Waals surface area contributed by atoms with Crippen LogP contribution in [-0.2, 0) is 11.3 Å². The van der Waals surface area contributed by atoms with Crippen LogP contribution in [0.3, 0.4) is 0 Å². The van der Waals surface area contributed by atoms with Gasteiger partial charge in [-0.15, -0.1) is 11.3 Å². The Kier molecular flexibility index (Phi) is 3.46. The molecule has 20 heavy (non-hydrogen) atoms. The van der Waals surface area contributed by atoms with Crippen molar-refractivity contribution in [2.24, 2.45) is 11.3 Å². The predicted octanol–water partition coefficient (Wildman–Crippen LogP) is 2.06. The Labute approximate surface area is 123 Å². The molecule has 1 aromatic heterocycles. The van der Waals surface area contributed by atoms with E-state index in [-0.39, 0.29) is 17.5 Å². The number of thiazole rings is 1. The maximum absolute atomic E-state index is 12.1. The van der Waals surface area contributed by atoms with Crippen LogP contribution < -0.4 is 10.6 Å². The lowest BCUT2D eigenvalue weighted by Gasteiger charge is -2.54. The van der Waals surface area contributed by atoms with Gasteiger partial charge in [0.1, 0.15) is 0 Å². The lowest BCUT2D eigenvalue weighted by molar-refractivity contribution is -0.108. The summed E-state index contributed by atoms with van der Waals surface area (Å²) >= 11 is 1.57. The van der Waals surface area contributed by atoms with Gasteiger partial charge >= 0.3 is 6.03 Å². The molecule has 0 unspecified atom stereocenters. The van der Waals surface area contributed by atoms with Crippen molar-refractivity contribution in [2.75, 3.05) is 6.61 Å². The molecule has 0 radical (unpaired) electrons. The second-order valence-corrected chi connectivity index (χ2v) is 7.17. The van der Waals surface area contributed by atoms with Gasteiger partial charge in [0.05, 0.1) is 23.9 Å². The number of amides is 2. The molecule has 0 spiro atoms. The van der Waals surface area contributed by atoms with Crippen LogP contribution in [0.2, 0.25) is 0 Å². The Morgan fingerprint density at radius 2 is 2.40 bits per heavy atom. The van der Waals surface area contributed by atoms with E-state index in [1.54, 1.807) is 16.8 Å². The number of aromatic nitrogens is 1. The van der Waals surface area contributed by atoms with Gasteiger partial charge < -0.3 is 15.4 Å². The third-order valence-electron chi connectivity index (χ3n) is 4.64. The lowest BCUT2D eigenvalue weighted by Crippen LogP contribution is -2.67. The molecule has 110 valence electrons. The largest absolute Gasteiger partial charge is 0.377 e. The first-order valence-electron chi connectivity index (χ1n) is 7.05. The molecule has 1 aromatic rings. The Morgan fingerprint density at radius 3 is 3.10 bits per heavy atom. The first-order valence-corrected chi connectivity index (χ1v) is 7.93. The van der Waals surface area contributed by atoms with Gasteiger partial charge in [-0.05, 0) is 13.3 Å². The van der Waals surface area contributed by atoms with Crippen LogP contribution in [0.25, 0.3) is 0 Å². The number of aryl methyl sites for hydroxylation is 1. The van der Waals surface area contributed by atoms with Crippen LogP contribution in [0.1, 0.15) is 30.8 Å². The van der Waals surface area contributed by atoms with Crippen molar-refractivity contribution in [2.45, 2.75) is 45.9 Å². The average Bonchev–Trinajstić information content (AvgIpc) is 3.01. The van der Waals surface area contributed by atoms with Crippen molar-refractivity contribution < 1.29 is 9.53 Å². The maximum Gasteiger partial charge on any atom is 0.315 e. The highest BCUT2D eigenvalue weighted by Gasteiger charge is 2.59. The summed E-state index contributed by atoms with van der Waals surface area (Å²) in [5.74, 6) is 0.473. The summed E-state index contributed by atoms with van der Waals surface area (Å²) in [4.78, 5) is 17.3. The van der Waals surface area contributed by atoms with E-state index in [1.165, 1.54) is 0 Å². The number of nitrogens with zero attached hydrogens (tertiary/aromatic N) is 1. The summed E-state index contributed by atoms with van der Waals surface area (Å²) in [5, 5.41) is 6.04. The highest BCUT2D eigenvalue weighted by atomic mass is 32.1. The fourth-order valence-corrected chi connectivity index (χ4v) is 4.18. The first-order chi connectivity index (χ1) is 9.50. The van der Waals surface area contributed by atoms with E-state index in [1.807, 2.05) is 6.92 Å². The minimum atomic E-state index is -0.0961. The van der Waals surface area contributed by atoms with Gasteiger partial charge in [-0.2, -0.15) is 0 Å². The molecule has 1 saturated carbocycles. The van der Waals surface area contributed by atoms with E-state index in [9.17, 15) is 4.79 Å². The minimum absolute atomic E-state index is 0.0267. The van der Waals surface area contributed by atoms with Crippen LogP contribution in [-0.4, -0.2) is 29.8 Å². The van der Waals surface area contributed by atoms with Gasteiger partial charge in [0.15, 0.2) is 0 Å². The van der Waals surface area contributed by atoms with E-state index in [4.69, 9.17) is 4.74 Å². The lowest BCUT2D eigenvalue weighted by atomic mass is 9.57. The summed E-state index contributed by atoms with van der Waals surface area (Å²) < 4.78 is 5.74. The molecule has 2 N–H and O–H groups in total. The van der Waals surface area contributed by atoms with Gasteiger partial charge in [0, 0.05) is 28.9 Å². The van der Waals surface area contributed by atoms with E-state index >= 15 is 0 Å². The zero-order chi connectivity index (χ0) is 14.3. The normalized spacial score (nSPS) is 30.4. The quantitative estimate of drug-likeness (QED) is 0.897. The number of nitrogens with one attached hydrogen (secondary N) is 2. The zero-order valence-corrected chi connectivity index (χ0v) is 12.9. The van der Waals surface area contributed by atoms with Crippen LogP contribution in [0.5, 0.6) is 0 Å². The van der Waals surface area contributed by atoms with E-state index in [2.05, 4.69) is 29.5 Å². The van der Waals surface area contributed by atoms with Crippen molar-refractivity contribution >= 4 is 17.4 Å². The van der Waals surface area contributed by atoms with Gasteiger partial charge in [-0.25, -0.2) is 9.78 Å². The third kappa shape index (κ3) is 2.20. The topological polar surface area (TPSA) is 63.2 Å². The molecular weight excluding hydrogens is 274 g/mol. The Morgan fingerprint density at radius 1 is 1.60 bits per heavy atom. The summed E-state index contributed by atoms with van der Waals surface area (Å²) in [6.45, 7) is 7.65. The number of carbonyl (C=O) groups is 1. The molecule has 6 heteroatoms. The average molecular weight is 295 g/mol. The molecule has 0 bridgehead atoms. The Balaban J connectivity index is 1.53. The summed E-state index contributed by atoms with van der Waals surface area (Å²) in [7, 11) is 0. The molecule has 2 heterocycles. The SMILES string of the molecule is Cc1ncsc1CNC(=O)N[C@@H]1[C@H]2CCO[C@@H]2C1(C)C. The molecule has 0 aromatic carbocycles. The zero-order valence-electron chi connectivity index (χ0n) is 12.1. The molecule has 3 atom stereocenters. The third-order valence-corrected chi connectivity index (χ3v) is 5.58. The van der Waals surface area contributed by atoms with Crippen molar-refractivity contribution in [3.8, 4) is 0 Å². The number of hydrogen-bond donors (Lipinski definition) is 2. The Bertz CT molecular complexity index is 514. The summed E-state index contributed by atoms with van der Waals surface area (Å²) in [6, 6.07) is 0.110. The number of carbonyl (C=O) groups excluding carboxylic acids is 1. The fraction of sp³-hybridized carbons (Fsp3) is 0.714. The maximum atomic E-state index is 12.1. The van der Waals surface area contributed by atoms with Gasteiger partial charge in [0.2, 0.25) is 0 Å². The van der Waals surface area contributed by atoms with E-state index in [0.29, 0.717) is 18.6 Å². The van der Waals surface area contributed by atoms with Crippen molar-refractivity contribution in [3.63, 3.8) is 0 Å². The molecular formula is C14H21N3O2S. The predicted molar refractivity (Wildman–Crippen MR) is 77.6 cm³/mol. The van der Waals surface area contributed by atoms with Crippen LogP contribution in [0.15, 0.2) is 5.51 Å². The number of hydrogen-bond acceptors (Lipinski definition) is 4. The van der Waals surface area contributed by atoms with Crippen molar-refractivity contribution in [1.82, 2.24) is 15.6 Å². The second-order valence-electron chi connectivity index (χ2n) is 6.23. The molecule has 2 fully saturated rings. The van der Waals surface area contributed by atoms with Gasteiger partial charge in [-0.1, -0.05) is 13.8 Å². The fourth-order valence-electron chi connectivity index (χ4n) is 3.47. The molecule has 1 saturated heterocycles. The Hall–Kier alpha value is -1.14. The smallest absolute Gasteiger partial charge is 0.315 e. The molecule has 1 aliphatic heterocycles. The van der Waals surface area contributed by atoms with Crippen LogP contribution in [0, 0.1) is 18.3 Å². The highest BCUT2D eigenvalue weighted by Crippen LogP contribution is 2.52. The monoisotopic (exact) mass is 295 g/mol. The summed E-state index contributed by atoms with van der Waals surface area (Å²) in [5.41, 5.74) is 2.82. The van der Waals surface area contributed by atoms with Gasteiger partial charge in [0.25, 0.3) is 0 Å². The minimum Gasteiger partial charge on any atom is -0.377 e. The molecule has 2 amide bonds. The standard InChI is InChI=1S/C14H21N3O2S/c1-8-10(20-7-16-8)6-15-13(18)17-11-9-4-5-19-12(9)14(11,2)3/h7,9,11-12H,4-6H2,1-3H3,(H2,15,17,18)/t9-,11-,12+/m1/s1. The summed E-state index contributed by atoms with van der Waals surface area (Å²) in [6.07, 6.45) is 1.35. The van der Waals surface area contributed by atoms with Crippen molar-refractivity contribution in [3.05, 3.63) is 16.1 Å². The highest BCUT2D eigenvalue weighted by molar-refractivity contribution is 7.09. The molecule has 1 aliphatic carbocycles. The first kappa shape index (κ1) is 13.8. The molecule has 5 nitrogen and oxygen atoms in total. The number of fused-ring (bicyclic) bond motifs is 1.